The van der Waals surface area contributed by atoms with E-state index in [4.69, 9.17) is 11.6 Å². The molecule has 4 aromatic rings. The quantitative estimate of drug-likeness (QED) is 0.275. The molecule has 0 aliphatic carbocycles. The highest BCUT2D eigenvalue weighted by Crippen LogP contribution is 2.40. The summed E-state index contributed by atoms with van der Waals surface area (Å²) in [5.74, 6) is 6.45. The zero-order valence-corrected chi connectivity index (χ0v) is 18.6. The molecular weight excluding hydrogens is 445 g/mol. The van der Waals surface area contributed by atoms with Gasteiger partial charge in [-0.05, 0) is 54.4 Å². The number of nitrogens with zero attached hydrogens (tertiary/aromatic N) is 2. The Bertz CT molecular complexity index is 1390. The third-order valence-electron chi connectivity index (χ3n) is 6.16. The van der Waals surface area contributed by atoms with Crippen LogP contribution in [0, 0.1) is 11.8 Å². The average molecular weight is 465 g/mol. The lowest BCUT2D eigenvalue weighted by Gasteiger charge is -2.36. The lowest BCUT2D eigenvalue weighted by molar-refractivity contribution is -0.137. The van der Waals surface area contributed by atoms with Gasteiger partial charge in [0.1, 0.15) is 6.04 Å². The van der Waals surface area contributed by atoms with E-state index in [1.165, 1.54) is 23.1 Å². The zero-order valence-electron chi connectivity index (χ0n) is 17.8. The number of hydrogen-bond donors (Lipinski definition) is 0. The Labute approximate surface area is 195 Å². The summed E-state index contributed by atoms with van der Waals surface area (Å²) in [5, 5.41) is 1.84. The lowest BCUT2D eigenvalue weighted by atomic mass is 9.96. The zero-order chi connectivity index (χ0) is 23.2. The van der Waals surface area contributed by atoms with Crippen LogP contribution in [0.25, 0.3) is 10.9 Å². The fourth-order valence-corrected chi connectivity index (χ4v) is 4.84. The molecule has 0 amide bonds. The number of hydrogen-bond acceptors (Lipinski definition) is 1. The van der Waals surface area contributed by atoms with Gasteiger partial charge in [0.15, 0.2) is 0 Å². The maximum Gasteiger partial charge on any atom is 0.416 e. The molecule has 0 radical (unpaired) electrons. The van der Waals surface area contributed by atoms with Gasteiger partial charge in [-0.2, -0.15) is 13.2 Å². The number of aromatic nitrogens is 1. The van der Waals surface area contributed by atoms with E-state index in [1.807, 2.05) is 43.4 Å². The molecule has 0 bridgehead atoms. The van der Waals surface area contributed by atoms with Crippen LogP contribution in [0.15, 0.2) is 72.8 Å². The van der Waals surface area contributed by atoms with Crippen molar-refractivity contribution in [2.24, 2.45) is 7.05 Å². The largest absolute Gasteiger partial charge is 0.416 e. The highest BCUT2D eigenvalue weighted by atomic mass is 35.5. The van der Waals surface area contributed by atoms with Gasteiger partial charge in [-0.15, -0.1) is 0 Å². The number of halogens is 4. The molecule has 2 nitrogen and oxygen atoms in total. The fourth-order valence-electron chi connectivity index (χ4n) is 4.60. The maximum absolute atomic E-state index is 12.9. The molecule has 0 fully saturated rings. The molecule has 1 aliphatic rings. The van der Waals surface area contributed by atoms with Crippen LogP contribution in [0.2, 0.25) is 5.02 Å². The van der Waals surface area contributed by atoms with Crippen molar-refractivity contribution in [3.63, 3.8) is 0 Å². The molecular formula is C27H20ClF3N2. The van der Waals surface area contributed by atoms with Gasteiger partial charge >= 0.3 is 6.18 Å². The van der Waals surface area contributed by atoms with Gasteiger partial charge in [0.25, 0.3) is 0 Å². The molecule has 0 N–H and O–H groups in total. The summed E-state index contributed by atoms with van der Waals surface area (Å²) in [5.41, 5.74) is 4.21. The van der Waals surface area contributed by atoms with E-state index in [-0.39, 0.29) is 6.04 Å². The van der Waals surface area contributed by atoms with Gasteiger partial charge in [0.05, 0.1) is 22.0 Å². The van der Waals surface area contributed by atoms with E-state index in [9.17, 15) is 13.2 Å². The second kappa shape index (κ2) is 8.20. The molecule has 5 rings (SSSR count). The van der Waals surface area contributed by atoms with Crippen LogP contribution in [-0.2, 0) is 19.6 Å². The molecule has 0 spiro atoms. The van der Waals surface area contributed by atoms with E-state index >= 15 is 0 Å². The smallest absolute Gasteiger partial charge is 0.351 e. The molecule has 1 aliphatic heterocycles. The number of alkyl halides is 3. The molecule has 1 aromatic heterocycles. The summed E-state index contributed by atoms with van der Waals surface area (Å²) in [7, 11) is 2.03. The van der Waals surface area contributed by atoms with Crippen molar-refractivity contribution in [3.05, 3.63) is 100 Å². The van der Waals surface area contributed by atoms with Crippen LogP contribution in [0.4, 0.5) is 18.9 Å². The minimum Gasteiger partial charge on any atom is -0.351 e. The maximum atomic E-state index is 12.9. The predicted octanol–water partition coefficient (Wildman–Crippen LogP) is 7.01. The number of aryl methyl sites for hydroxylation is 1. The first-order valence-electron chi connectivity index (χ1n) is 10.6. The predicted molar refractivity (Wildman–Crippen MR) is 126 cm³/mol. The molecule has 166 valence electrons. The van der Waals surface area contributed by atoms with Crippen molar-refractivity contribution >= 4 is 28.2 Å². The lowest BCUT2D eigenvalue weighted by Crippen LogP contribution is -2.36. The highest BCUT2D eigenvalue weighted by molar-refractivity contribution is 6.33. The molecule has 0 saturated heterocycles. The van der Waals surface area contributed by atoms with E-state index in [0.29, 0.717) is 10.6 Å². The highest BCUT2D eigenvalue weighted by Gasteiger charge is 2.32. The van der Waals surface area contributed by atoms with Crippen LogP contribution in [0.3, 0.4) is 0 Å². The average Bonchev–Trinajstić information content (AvgIpc) is 3.10. The number of fused-ring (bicyclic) bond motifs is 3. The molecule has 3 aromatic carbocycles. The van der Waals surface area contributed by atoms with E-state index in [0.717, 1.165) is 42.0 Å². The van der Waals surface area contributed by atoms with Gasteiger partial charge in [-0.3, -0.25) is 0 Å². The Morgan fingerprint density at radius 3 is 2.36 bits per heavy atom. The van der Waals surface area contributed by atoms with Crippen molar-refractivity contribution in [1.82, 2.24) is 4.57 Å². The first-order chi connectivity index (χ1) is 15.8. The van der Waals surface area contributed by atoms with Crippen LogP contribution >= 0.6 is 11.6 Å². The Hall–Kier alpha value is -3.36. The fraction of sp³-hybridized carbons (Fsp3) is 0.185. The minimum atomic E-state index is -4.37. The van der Waals surface area contributed by atoms with Gasteiger partial charge in [-0.1, -0.05) is 53.8 Å². The molecule has 0 saturated carbocycles. The van der Waals surface area contributed by atoms with E-state index < -0.39 is 11.7 Å². The first-order valence-corrected chi connectivity index (χ1v) is 11.0. The Kier molecular flexibility index (Phi) is 5.34. The minimum absolute atomic E-state index is 0.298. The second-order valence-electron chi connectivity index (χ2n) is 8.08. The van der Waals surface area contributed by atoms with Crippen LogP contribution < -0.4 is 4.90 Å². The van der Waals surface area contributed by atoms with E-state index in [2.05, 4.69) is 33.4 Å². The number of para-hydroxylation sites is 2. The Morgan fingerprint density at radius 1 is 0.939 bits per heavy atom. The van der Waals surface area contributed by atoms with Crippen LogP contribution in [0.5, 0.6) is 0 Å². The van der Waals surface area contributed by atoms with Crippen LogP contribution in [-0.4, -0.2) is 11.1 Å². The van der Waals surface area contributed by atoms with Crippen molar-refractivity contribution in [3.8, 4) is 11.8 Å². The standard InChI is InChI=1S/C27H20ClF3N2/c1-32-23-8-4-2-6-20(23)21-16-17-33(24-9-5-3-7-22(24)28)25(26(21)32)15-12-18-10-13-19(14-11-18)27(29,30)31/h2-11,13-14,25H,16-17H2,1H3. The summed E-state index contributed by atoms with van der Waals surface area (Å²) in [6, 6.07) is 20.6. The van der Waals surface area contributed by atoms with Crippen molar-refractivity contribution in [1.29, 1.82) is 0 Å². The second-order valence-corrected chi connectivity index (χ2v) is 8.49. The van der Waals surface area contributed by atoms with E-state index in [1.54, 1.807) is 0 Å². The monoisotopic (exact) mass is 464 g/mol. The Morgan fingerprint density at radius 2 is 1.64 bits per heavy atom. The van der Waals surface area contributed by atoms with Crippen LogP contribution in [0.1, 0.15) is 28.4 Å². The summed E-state index contributed by atoms with van der Waals surface area (Å²) < 4.78 is 40.9. The van der Waals surface area contributed by atoms with Crippen molar-refractivity contribution < 1.29 is 13.2 Å². The van der Waals surface area contributed by atoms with Crippen molar-refractivity contribution in [2.75, 3.05) is 11.4 Å². The summed E-state index contributed by atoms with van der Waals surface area (Å²) in [6.45, 7) is 0.733. The summed E-state index contributed by atoms with van der Waals surface area (Å²) in [4.78, 5) is 2.18. The number of anilines is 1. The third kappa shape index (κ3) is 3.85. The molecule has 6 heteroatoms. The SMILES string of the molecule is Cn1c2c(c3ccccc31)CCN(c1ccccc1Cl)C2C#Cc1ccc(C(F)(F)F)cc1. The normalized spacial score (nSPS) is 15.8. The summed E-state index contributed by atoms with van der Waals surface area (Å²) >= 11 is 6.54. The van der Waals surface area contributed by atoms with Gasteiger partial charge in [0, 0.05) is 30.1 Å². The van der Waals surface area contributed by atoms with Gasteiger partial charge in [-0.25, -0.2) is 0 Å². The third-order valence-corrected chi connectivity index (χ3v) is 6.48. The molecule has 33 heavy (non-hydrogen) atoms. The number of rotatable bonds is 1. The molecule has 1 unspecified atom stereocenters. The van der Waals surface area contributed by atoms with Gasteiger partial charge in [0.2, 0.25) is 0 Å². The molecule has 2 heterocycles. The molecule has 1 atom stereocenters. The topological polar surface area (TPSA) is 8.17 Å². The number of benzene rings is 3. The first kappa shape index (κ1) is 21.5. The Balaban J connectivity index is 1.63. The van der Waals surface area contributed by atoms with Gasteiger partial charge < -0.3 is 9.47 Å². The summed E-state index contributed by atoms with van der Waals surface area (Å²) in [6.07, 6.45) is -3.52. The van der Waals surface area contributed by atoms with Crippen molar-refractivity contribution in [2.45, 2.75) is 18.6 Å².